The van der Waals surface area contributed by atoms with Crippen molar-refractivity contribution in [1.82, 2.24) is 14.8 Å². The lowest BCUT2D eigenvalue weighted by Crippen LogP contribution is -3.00. The van der Waals surface area contributed by atoms with Crippen molar-refractivity contribution in [2.75, 3.05) is 5.43 Å². The van der Waals surface area contributed by atoms with Gasteiger partial charge in [-0.25, -0.2) is 15.1 Å². The number of halogens is 7. The van der Waals surface area contributed by atoms with E-state index in [0.717, 1.165) is 34.5 Å². The number of aromatic nitrogens is 3. The first-order valence-electron chi connectivity index (χ1n) is 20.5. The maximum atomic E-state index is 12.4. The van der Waals surface area contributed by atoms with Crippen LogP contribution in [0.2, 0.25) is 0 Å². The molecular formula is C47H46Cl2F5N11O9. The van der Waals surface area contributed by atoms with Gasteiger partial charge in [0, 0.05) is 60.0 Å². The smallest absolute Gasteiger partial charge is 0.499 e. The molecule has 7 rings (SSSR count). The first-order valence-corrected chi connectivity index (χ1v) is 20.5. The molecule has 0 saturated carbocycles. The number of aliphatic imine (C=N–C) groups is 1. The summed E-state index contributed by atoms with van der Waals surface area (Å²) in [5.41, 5.74) is 16.2. The van der Waals surface area contributed by atoms with Gasteiger partial charge in [0.1, 0.15) is 17.9 Å². The van der Waals surface area contributed by atoms with Gasteiger partial charge in [-0.15, -0.1) is 5.10 Å². The zero-order valence-corrected chi connectivity index (χ0v) is 40.6. The number of nitrogens with zero attached hydrogens (tertiary/aromatic N) is 7. The van der Waals surface area contributed by atoms with E-state index in [-0.39, 0.29) is 48.3 Å². The predicted molar refractivity (Wildman–Crippen MR) is 255 cm³/mol. The second-order valence-electron chi connectivity index (χ2n) is 14.6. The molecule has 0 radical (unpaired) electrons. The van der Waals surface area contributed by atoms with E-state index in [1.165, 1.54) is 59.7 Å². The molecule has 20 nitrogen and oxygen atoms in total. The van der Waals surface area contributed by atoms with E-state index in [1.807, 2.05) is 62.4 Å². The molecule has 0 atom stereocenters. The fourth-order valence-electron chi connectivity index (χ4n) is 5.36. The third-order valence-electron chi connectivity index (χ3n) is 9.22. The number of anilines is 1. The highest BCUT2D eigenvalue weighted by atomic mass is 35.5. The highest BCUT2D eigenvalue weighted by Crippen LogP contribution is 2.37. The molecule has 0 aliphatic carbocycles. The fraction of sp³-hybridized carbons (Fsp3) is 0.128. The Kier molecular flexibility index (Phi) is 25.6. The molecule has 0 fully saturated rings. The first kappa shape index (κ1) is 63.1. The summed E-state index contributed by atoms with van der Waals surface area (Å²) in [5, 5.41) is 48.2. The molecule has 0 aliphatic rings. The van der Waals surface area contributed by atoms with Gasteiger partial charge < -0.3 is 40.4 Å². The summed E-state index contributed by atoms with van der Waals surface area (Å²) >= 11 is 0. The molecule has 0 bridgehead atoms. The van der Waals surface area contributed by atoms with Crippen molar-refractivity contribution in [2.24, 2.45) is 10.7 Å². The Bertz CT molecular complexity index is 2880. The highest BCUT2D eigenvalue weighted by Gasteiger charge is 2.61. The maximum Gasteiger partial charge on any atom is 0.499 e. The number of nitrogens with one attached hydrogen (secondary N) is 1. The lowest BCUT2D eigenvalue weighted by atomic mass is 10.1. The van der Waals surface area contributed by atoms with Crippen molar-refractivity contribution in [2.45, 2.75) is 39.6 Å². The van der Waals surface area contributed by atoms with Crippen molar-refractivity contribution in [3.8, 4) is 22.8 Å². The molecule has 1 heterocycles. The molecule has 0 amide bonds. The summed E-state index contributed by atoms with van der Waals surface area (Å²) in [6.07, 6.45) is -9.32. The van der Waals surface area contributed by atoms with Crippen molar-refractivity contribution in [1.29, 1.82) is 0 Å². The van der Waals surface area contributed by atoms with Crippen LogP contribution in [0.15, 0.2) is 157 Å². The predicted octanol–water partition coefficient (Wildman–Crippen LogP) is 1.62. The molecule has 0 unspecified atom stereocenters. The number of rotatable bonds is 12. The molecule has 7 aromatic rings. The van der Waals surface area contributed by atoms with E-state index in [0.29, 0.717) is 35.2 Å². The SMILES string of the molecule is CC(=[NH2+])c1ccc([N+](=O)[O-])cc1.Cc1ccc(-n2cnc(-c3ccc([N+](=O)[O-])cc3)n2)cc1.Cc1ccc(CN=C(N)c2ccc([N+](=O)[O-])cc2)cc1.O=CO.[Cl-].[Cl-].[NH3+]Nc1ccc(OC(F)(F)C(F)(F)F)cc1. The highest BCUT2D eigenvalue weighted by molar-refractivity contribution is 5.97. The number of quaternary nitrogens is 1. The van der Waals surface area contributed by atoms with Gasteiger partial charge in [-0.3, -0.25) is 51.4 Å². The Labute approximate surface area is 430 Å². The lowest BCUT2D eigenvalue weighted by molar-refractivity contribution is -0.385. The van der Waals surface area contributed by atoms with Gasteiger partial charge in [0.25, 0.3) is 23.5 Å². The first-order chi connectivity index (χ1) is 34.0. The van der Waals surface area contributed by atoms with Gasteiger partial charge in [0.2, 0.25) is 0 Å². The number of nitrogens with two attached hydrogens (primary N) is 2. The van der Waals surface area contributed by atoms with Gasteiger partial charge in [-0.2, -0.15) is 22.0 Å². The molecular weight excluding hydrogens is 1030 g/mol. The Hall–Kier alpha value is -8.94. The van der Waals surface area contributed by atoms with E-state index in [1.54, 1.807) is 54.3 Å². The van der Waals surface area contributed by atoms with Crippen LogP contribution in [0.25, 0.3) is 17.1 Å². The summed E-state index contributed by atoms with van der Waals surface area (Å²) in [5.74, 6) is 3.61. The largest absolute Gasteiger partial charge is 1.00 e. The number of aryl methyl sites for hydroxylation is 2. The minimum absolute atomic E-state index is 0. The Morgan fingerprint density at radius 3 is 1.57 bits per heavy atom. The Morgan fingerprint density at radius 1 is 0.743 bits per heavy atom. The summed E-state index contributed by atoms with van der Waals surface area (Å²) < 4.78 is 65.4. The second-order valence-corrected chi connectivity index (χ2v) is 14.6. The number of carbonyl (C=O) groups is 1. The molecule has 1 aromatic heterocycles. The number of alkyl halides is 5. The summed E-state index contributed by atoms with van der Waals surface area (Å²) in [6, 6.07) is 38.8. The molecule has 0 aliphatic heterocycles. The van der Waals surface area contributed by atoms with Crippen LogP contribution in [0.4, 0.5) is 44.7 Å². The molecule has 0 spiro atoms. The number of hydrogen-bond acceptors (Lipinski definition) is 12. The van der Waals surface area contributed by atoms with E-state index in [4.69, 9.17) is 21.0 Å². The van der Waals surface area contributed by atoms with Crippen molar-refractivity contribution in [3.63, 3.8) is 0 Å². The average Bonchev–Trinajstić information content (AvgIpc) is 3.85. The van der Waals surface area contributed by atoms with Crippen molar-refractivity contribution < 1.29 is 87.4 Å². The second kappa shape index (κ2) is 30.1. The lowest BCUT2D eigenvalue weighted by Gasteiger charge is -2.20. The molecule has 0 saturated heterocycles. The van der Waals surface area contributed by atoms with Crippen molar-refractivity contribution in [3.05, 3.63) is 210 Å². The molecule has 27 heteroatoms. The zero-order valence-electron chi connectivity index (χ0n) is 39.1. The topological polar surface area (TPSA) is 310 Å². The third kappa shape index (κ3) is 20.4. The average molecular weight is 1070 g/mol. The summed E-state index contributed by atoms with van der Waals surface area (Å²) in [7, 11) is 0. The van der Waals surface area contributed by atoms with E-state index in [2.05, 4.69) is 31.1 Å². The number of nitro groups is 3. The van der Waals surface area contributed by atoms with E-state index in [9.17, 15) is 52.3 Å². The fourth-order valence-corrected chi connectivity index (χ4v) is 5.36. The van der Waals surface area contributed by atoms with Crippen LogP contribution in [-0.4, -0.2) is 64.9 Å². The van der Waals surface area contributed by atoms with Crippen LogP contribution in [-0.2, 0) is 11.3 Å². The maximum absolute atomic E-state index is 12.4. The Morgan fingerprint density at radius 2 is 1.16 bits per heavy atom. The molecule has 6 aromatic carbocycles. The number of hydrogen-bond donors (Lipinski definition) is 5. The van der Waals surface area contributed by atoms with Crippen LogP contribution in [0.1, 0.15) is 34.7 Å². The minimum Gasteiger partial charge on any atom is -1.00 e. The normalized spacial score (nSPS) is 10.4. The van der Waals surface area contributed by atoms with Gasteiger partial charge in [0.05, 0.1) is 32.7 Å². The van der Waals surface area contributed by atoms with Gasteiger partial charge in [-0.05, 0) is 92.2 Å². The van der Waals surface area contributed by atoms with Crippen molar-refractivity contribution >= 4 is 40.8 Å². The van der Waals surface area contributed by atoms with Crippen LogP contribution < -0.4 is 52.0 Å². The third-order valence-corrected chi connectivity index (χ3v) is 9.22. The Balaban J connectivity index is 0.000000489. The van der Waals surface area contributed by atoms with Crippen LogP contribution >= 0.6 is 0 Å². The van der Waals surface area contributed by atoms with Gasteiger partial charge in [-0.1, -0.05) is 47.5 Å². The zero-order chi connectivity index (χ0) is 53.6. The molecule has 74 heavy (non-hydrogen) atoms. The number of nitro benzene ring substituents is 3. The number of carboxylic acid groups (broad SMARTS) is 1. The van der Waals surface area contributed by atoms with E-state index >= 15 is 0 Å². The molecule has 9 N–H and O–H groups in total. The minimum atomic E-state index is -5.74. The molecule has 392 valence electrons. The number of ether oxygens (including phenoxy) is 1. The summed E-state index contributed by atoms with van der Waals surface area (Å²) in [6.45, 7) is 6.04. The van der Waals surface area contributed by atoms with Crippen LogP contribution in [0, 0.1) is 44.2 Å². The quantitative estimate of drug-likeness (QED) is 0.0291. The number of amidine groups is 1. The monoisotopic (exact) mass is 1070 g/mol. The van der Waals surface area contributed by atoms with Gasteiger partial charge >= 0.3 is 12.3 Å². The number of non-ortho nitro benzene ring substituents is 3. The van der Waals surface area contributed by atoms with Crippen LogP contribution in [0.5, 0.6) is 5.75 Å². The summed E-state index contributed by atoms with van der Waals surface area (Å²) in [4.78, 5) is 47.0. The van der Waals surface area contributed by atoms with Gasteiger partial charge in [0.15, 0.2) is 11.5 Å². The van der Waals surface area contributed by atoms with Crippen LogP contribution in [0.3, 0.4) is 0 Å². The number of benzene rings is 6. The standard InChI is InChI=1S/C15H12N4O2.C15H15N3O2.C8H7F5N2O.C8H8N2O2.CH2O2.2ClH/c1-11-2-6-13(7-3-11)18-10-16-15(17-18)12-4-8-14(9-5-12)19(20)21;1-11-2-4-12(5-3-11)10-17-15(16)13-6-8-14(9-7-13)18(19)20;9-7(10,11)8(12,13)16-6-3-1-5(15-14)2-4-6;1-6(9)7-2-4-8(5-3-7)10(11)12;2-1-3;;/h2-10H,1H3;2-9H,10H2,1H3,(H2,16,17);1-4,15H,14H2;2-5,9H,1H3;1H,(H,2,3);2*1H. The van der Waals surface area contributed by atoms with E-state index < -0.39 is 32.8 Å².